The fraction of sp³-hybridized carbons (Fsp3) is 0.250. The third-order valence-corrected chi connectivity index (χ3v) is 3.88. The summed E-state index contributed by atoms with van der Waals surface area (Å²) in [6.45, 7) is 0.312. The third kappa shape index (κ3) is 2.73. The molecule has 3 aromatic rings. The zero-order valence-electron chi connectivity index (χ0n) is 12.4. The van der Waals surface area contributed by atoms with Crippen LogP contribution in [0.1, 0.15) is 24.4 Å². The molecule has 3 N–H and O–H groups in total. The van der Waals surface area contributed by atoms with Gasteiger partial charge in [0.25, 0.3) is 5.56 Å². The van der Waals surface area contributed by atoms with Crippen LogP contribution in [0.3, 0.4) is 0 Å². The van der Waals surface area contributed by atoms with Gasteiger partial charge in [0.1, 0.15) is 17.7 Å². The van der Waals surface area contributed by atoms with Crippen LogP contribution in [0.4, 0.5) is 5.69 Å². The lowest BCUT2D eigenvalue weighted by molar-refractivity contribution is 0.728. The van der Waals surface area contributed by atoms with E-state index in [0.29, 0.717) is 23.9 Å². The van der Waals surface area contributed by atoms with Crippen LogP contribution < -0.4 is 11.3 Å². The van der Waals surface area contributed by atoms with Crippen molar-refractivity contribution in [1.82, 2.24) is 24.5 Å². The summed E-state index contributed by atoms with van der Waals surface area (Å²) in [5.74, 6) is 1.32. The number of aromatic amines is 1. The number of hydrogen-bond donors (Lipinski definition) is 2. The summed E-state index contributed by atoms with van der Waals surface area (Å²) in [7, 11) is 0. The van der Waals surface area contributed by atoms with Crippen molar-refractivity contribution in [3.05, 3.63) is 52.6 Å². The third-order valence-electron chi connectivity index (χ3n) is 3.88. The SMILES string of the molecule is Nc1cccn(Cc2nc3ncnc(/C=C/C4CC4)c3[nH]2)c1=O. The van der Waals surface area contributed by atoms with Gasteiger partial charge in [0, 0.05) is 6.20 Å². The summed E-state index contributed by atoms with van der Waals surface area (Å²) >= 11 is 0. The molecule has 0 aromatic carbocycles. The molecule has 0 saturated heterocycles. The number of anilines is 1. The molecule has 0 atom stereocenters. The molecule has 3 aromatic heterocycles. The summed E-state index contributed by atoms with van der Waals surface area (Å²) in [5, 5.41) is 0. The highest BCUT2D eigenvalue weighted by molar-refractivity contribution is 5.79. The molecule has 1 saturated carbocycles. The molecule has 0 radical (unpaired) electrons. The Balaban J connectivity index is 1.69. The number of imidazole rings is 1. The first kappa shape index (κ1) is 13.7. The minimum absolute atomic E-state index is 0.219. The van der Waals surface area contributed by atoms with Gasteiger partial charge in [0.05, 0.1) is 17.9 Å². The summed E-state index contributed by atoms with van der Waals surface area (Å²) in [4.78, 5) is 28.1. The predicted molar refractivity (Wildman–Crippen MR) is 87.7 cm³/mol. The number of H-pyrrole nitrogens is 1. The topological polar surface area (TPSA) is 102 Å². The molecular weight excluding hydrogens is 292 g/mol. The summed E-state index contributed by atoms with van der Waals surface area (Å²) in [6.07, 6.45) is 9.87. The summed E-state index contributed by atoms with van der Waals surface area (Å²) in [6, 6.07) is 3.33. The lowest BCUT2D eigenvalue weighted by Gasteiger charge is -2.03. The monoisotopic (exact) mass is 308 g/mol. The number of fused-ring (bicyclic) bond motifs is 1. The van der Waals surface area contributed by atoms with E-state index in [2.05, 4.69) is 26.0 Å². The molecule has 1 aliphatic rings. The van der Waals surface area contributed by atoms with Gasteiger partial charge in [0.2, 0.25) is 0 Å². The number of allylic oxidation sites excluding steroid dienone is 1. The van der Waals surface area contributed by atoms with E-state index >= 15 is 0 Å². The second-order valence-corrected chi connectivity index (χ2v) is 5.73. The zero-order chi connectivity index (χ0) is 15.8. The van der Waals surface area contributed by atoms with Crippen molar-refractivity contribution >= 4 is 22.9 Å². The Morgan fingerprint density at radius 2 is 2.26 bits per heavy atom. The number of pyridine rings is 1. The summed E-state index contributed by atoms with van der Waals surface area (Å²) in [5.41, 5.74) is 7.85. The number of nitrogen functional groups attached to an aromatic ring is 1. The molecule has 3 heterocycles. The molecule has 7 nitrogen and oxygen atoms in total. The summed E-state index contributed by atoms with van der Waals surface area (Å²) < 4.78 is 1.51. The van der Waals surface area contributed by atoms with E-state index in [0.717, 1.165) is 11.2 Å². The van der Waals surface area contributed by atoms with Crippen LogP contribution in [0.2, 0.25) is 0 Å². The molecule has 0 aliphatic heterocycles. The fourth-order valence-corrected chi connectivity index (χ4v) is 2.45. The Morgan fingerprint density at radius 3 is 3.09 bits per heavy atom. The van der Waals surface area contributed by atoms with Crippen molar-refractivity contribution in [3.63, 3.8) is 0 Å². The molecule has 0 bridgehead atoms. The predicted octanol–water partition coefficient (Wildman–Crippen LogP) is 1.57. The van der Waals surface area contributed by atoms with Crippen LogP contribution in [0.5, 0.6) is 0 Å². The van der Waals surface area contributed by atoms with Gasteiger partial charge in [-0.2, -0.15) is 0 Å². The van der Waals surface area contributed by atoms with E-state index in [4.69, 9.17) is 5.73 Å². The smallest absolute Gasteiger partial charge is 0.274 e. The van der Waals surface area contributed by atoms with Crippen LogP contribution in [0.15, 0.2) is 35.5 Å². The highest BCUT2D eigenvalue weighted by atomic mass is 16.1. The highest BCUT2D eigenvalue weighted by Gasteiger charge is 2.17. The van der Waals surface area contributed by atoms with E-state index in [1.54, 1.807) is 18.3 Å². The lowest BCUT2D eigenvalue weighted by Crippen LogP contribution is -2.22. The first-order valence-electron chi connectivity index (χ1n) is 7.53. The standard InChI is InChI=1S/C16H16N6O/c17-11-2-1-7-22(16(11)23)8-13-20-14-12(6-5-10-3-4-10)18-9-19-15(14)21-13/h1-2,5-7,9-10H,3-4,8,17H2,(H,18,19,20,21)/b6-5+. The van der Waals surface area contributed by atoms with Crippen molar-refractivity contribution in [1.29, 1.82) is 0 Å². The van der Waals surface area contributed by atoms with Crippen LogP contribution in [0.25, 0.3) is 17.2 Å². The minimum Gasteiger partial charge on any atom is -0.394 e. The van der Waals surface area contributed by atoms with Gasteiger partial charge >= 0.3 is 0 Å². The van der Waals surface area contributed by atoms with Gasteiger partial charge in [-0.1, -0.05) is 6.08 Å². The molecule has 23 heavy (non-hydrogen) atoms. The van der Waals surface area contributed by atoms with Gasteiger partial charge in [0.15, 0.2) is 5.65 Å². The second-order valence-electron chi connectivity index (χ2n) is 5.73. The number of aromatic nitrogens is 5. The van der Waals surface area contributed by atoms with Crippen LogP contribution in [-0.2, 0) is 6.54 Å². The molecule has 0 unspecified atom stereocenters. The number of nitrogens with two attached hydrogens (primary N) is 1. The Labute approximate surface area is 131 Å². The lowest BCUT2D eigenvalue weighted by atomic mass is 10.3. The molecule has 0 spiro atoms. The maximum atomic E-state index is 12.0. The molecule has 4 rings (SSSR count). The van der Waals surface area contributed by atoms with E-state index in [1.807, 2.05) is 6.08 Å². The molecule has 116 valence electrons. The van der Waals surface area contributed by atoms with Crippen molar-refractivity contribution in [2.75, 3.05) is 5.73 Å². The largest absolute Gasteiger partial charge is 0.394 e. The highest BCUT2D eigenvalue weighted by Crippen LogP contribution is 2.31. The molecule has 7 heteroatoms. The van der Waals surface area contributed by atoms with Crippen molar-refractivity contribution in [2.45, 2.75) is 19.4 Å². The maximum Gasteiger partial charge on any atom is 0.274 e. The molecule has 1 fully saturated rings. The number of nitrogens with zero attached hydrogens (tertiary/aromatic N) is 4. The Bertz CT molecular complexity index is 951. The van der Waals surface area contributed by atoms with Crippen LogP contribution in [0, 0.1) is 5.92 Å². The molecule has 0 amide bonds. The normalized spacial score (nSPS) is 14.8. The van der Waals surface area contributed by atoms with E-state index < -0.39 is 0 Å². The quantitative estimate of drug-likeness (QED) is 0.761. The van der Waals surface area contributed by atoms with Gasteiger partial charge in [-0.15, -0.1) is 0 Å². The minimum atomic E-state index is -0.229. The number of rotatable bonds is 4. The Hall–Kier alpha value is -2.96. The van der Waals surface area contributed by atoms with E-state index in [-0.39, 0.29) is 11.2 Å². The first-order chi connectivity index (χ1) is 11.2. The molecule has 1 aliphatic carbocycles. The number of nitrogens with one attached hydrogen (secondary N) is 1. The fourth-order valence-electron chi connectivity index (χ4n) is 2.45. The van der Waals surface area contributed by atoms with E-state index in [9.17, 15) is 4.79 Å². The van der Waals surface area contributed by atoms with Crippen molar-refractivity contribution < 1.29 is 0 Å². The second kappa shape index (κ2) is 5.35. The zero-order valence-corrected chi connectivity index (χ0v) is 12.4. The van der Waals surface area contributed by atoms with Crippen LogP contribution >= 0.6 is 0 Å². The first-order valence-corrected chi connectivity index (χ1v) is 7.53. The van der Waals surface area contributed by atoms with Crippen molar-refractivity contribution in [2.24, 2.45) is 5.92 Å². The molecular formula is C16H16N6O. The van der Waals surface area contributed by atoms with Gasteiger partial charge < -0.3 is 15.3 Å². The maximum absolute atomic E-state index is 12.0. The average Bonchev–Trinajstić information content (AvgIpc) is 3.28. The van der Waals surface area contributed by atoms with E-state index in [1.165, 1.54) is 23.7 Å². The van der Waals surface area contributed by atoms with Crippen LogP contribution in [-0.4, -0.2) is 24.5 Å². The average molecular weight is 308 g/mol. The van der Waals surface area contributed by atoms with Crippen molar-refractivity contribution in [3.8, 4) is 0 Å². The van der Waals surface area contributed by atoms with Gasteiger partial charge in [-0.25, -0.2) is 15.0 Å². The Kier molecular flexibility index (Phi) is 3.18. The van der Waals surface area contributed by atoms with Gasteiger partial charge in [-0.05, 0) is 37.0 Å². The Morgan fingerprint density at radius 1 is 1.39 bits per heavy atom. The van der Waals surface area contributed by atoms with Gasteiger partial charge in [-0.3, -0.25) is 4.79 Å². The number of hydrogen-bond acceptors (Lipinski definition) is 5.